The third-order valence-electron chi connectivity index (χ3n) is 3.71. The number of hydrogen-bond donors (Lipinski definition) is 0. The number of ether oxygens (including phenoxy) is 1. The van der Waals surface area contributed by atoms with E-state index in [2.05, 4.69) is 6.92 Å². The molecule has 0 spiro atoms. The molecule has 0 bridgehead atoms. The lowest BCUT2D eigenvalue weighted by molar-refractivity contribution is -0.153. The fraction of sp³-hybridized carbons (Fsp3) is 0.867. The molecule has 0 saturated heterocycles. The fourth-order valence-electron chi connectivity index (χ4n) is 2.30. The third-order valence-corrected chi connectivity index (χ3v) is 3.71. The van der Waals surface area contributed by atoms with Crippen LogP contribution < -0.4 is 0 Å². The second kappa shape index (κ2) is 7.55. The summed E-state index contributed by atoms with van der Waals surface area (Å²) in [7, 11) is 0. The van der Waals surface area contributed by atoms with E-state index < -0.39 is 5.41 Å². The van der Waals surface area contributed by atoms with Gasteiger partial charge in [0.25, 0.3) is 0 Å². The minimum atomic E-state index is -0.737. The van der Waals surface area contributed by atoms with Gasteiger partial charge in [-0.2, -0.15) is 0 Å². The van der Waals surface area contributed by atoms with Crippen molar-refractivity contribution in [3.05, 3.63) is 0 Å². The highest BCUT2D eigenvalue weighted by Crippen LogP contribution is 2.48. The zero-order chi connectivity index (χ0) is 13.4. The predicted molar refractivity (Wildman–Crippen MR) is 71.3 cm³/mol. The van der Waals surface area contributed by atoms with Crippen molar-refractivity contribution in [1.29, 1.82) is 0 Å². The van der Waals surface area contributed by atoms with Gasteiger partial charge in [0.15, 0.2) is 0 Å². The van der Waals surface area contributed by atoms with Gasteiger partial charge in [0.05, 0.1) is 6.61 Å². The Kier molecular flexibility index (Phi) is 6.37. The molecule has 0 aliphatic heterocycles. The number of ketones is 1. The van der Waals surface area contributed by atoms with Crippen LogP contribution in [-0.4, -0.2) is 18.4 Å². The molecule has 0 unspecified atom stereocenters. The van der Waals surface area contributed by atoms with Gasteiger partial charge in [0.1, 0.15) is 11.2 Å². The van der Waals surface area contributed by atoms with Crippen LogP contribution in [0.15, 0.2) is 0 Å². The molecule has 1 aliphatic carbocycles. The van der Waals surface area contributed by atoms with E-state index in [9.17, 15) is 9.59 Å². The van der Waals surface area contributed by atoms with E-state index in [1.165, 1.54) is 25.7 Å². The molecule has 1 rings (SSSR count). The van der Waals surface area contributed by atoms with E-state index in [1.807, 2.05) is 0 Å². The van der Waals surface area contributed by atoms with Gasteiger partial charge in [-0.05, 0) is 26.2 Å². The van der Waals surface area contributed by atoms with E-state index in [0.29, 0.717) is 25.9 Å². The molecule has 1 saturated carbocycles. The first-order valence-corrected chi connectivity index (χ1v) is 7.38. The Morgan fingerprint density at radius 3 is 2.17 bits per heavy atom. The molecule has 0 atom stereocenters. The largest absolute Gasteiger partial charge is 0.465 e. The van der Waals surface area contributed by atoms with E-state index in [0.717, 1.165) is 12.8 Å². The van der Waals surface area contributed by atoms with Crippen LogP contribution in [0.3, 0.4) is 0 Å². The van der Waals surface area contributed by atoms with Gasteiger partial charge in [0.2, 0.25) is 0 Å². The Morgan fingerprint density at radius 2 is 1.61 bits per heavy atom. The van der Waals surface area contributed by atoms with Crippen molar-refractivity contribution in [2.75, 3.05) is 6.61 Å². The highest BCUT2D eigenvalue weighted by Gasteiger charge is 2.56. The molecule has 0 amide bonds. The lowest BCUT2D eigenvalue weighted by atomic mass is 9.96. The lowest BCUT2D eigenvalue weighted by Gasteiger charge is -2.12. The number of rotatable bonds is 10. The molecule has 0 N–H and O–H groups in total. The Hall–Kier alpha value is -0.860. The van der Waals surface area contributed by atoms with Crippen LogP contribution in [0.1, 0.15) is 71.6 Å². The second-order valence-corrected chi connectivity index (χ2v) is 5.24. The van der Waals surface area contributed by atoms with Crippen LogP contribution in [-0.2, 0) is 14.3 Å². The minimum absolute atomic E-state index is 0.108. The highest BCUT2D eigenvalue weighted by molar-refractivity contribution is 6.06. The normalized spacial score (nSPS) is 16.3. The van der Waals surface area contributed by atoms with Crippen LogP contribution in [0, 0.1) is 5.41 Å². The van der Waals surface area contributed by atoms with E-state index in [4.69, 9.17) is 4.74 Å². The van der Waals surface area contributed by atoms with E-state index in [-0.39, 0.29) is 11.8 Å². The number of unbranched alkanes of at least 4 members (excludes halogenated alkanes) is 5. The van der Waals surface area contributed by atoms with Crippen molar-refractivity contribution in [2.24, 2.45) is 5.41 Å². The summed E-state index contributed by atoms with van der Waals surface area (Å²) in [6.07, 6.45) is 8.94. The minimum Gasteiger partial charge on any atom is -0.465 e. The molecule has 3 heteroatoms. The van der Waals surface area contributed by atoms with Gasteiger partial charge in [0, 0.05) is 6.42 Å². The lowest BCUT2D eigenvalue weighted by Crippen LogP contribution is -2.27. The highest BCUT2D eigenvalue weighted by atomic mass is 16.5. The monoisotopic (exact) mass is 254 g/mol. The van der Waals surface area contributed by atoms with Gasteiger partial charge in [-0.1, -0.05) is 39.0 Å². The van der Waals surface area contributed by atoms with Crippen molar-refractivity contribution in [2.45, 2.75) is 71.6 Å². The van der Waals surface area contributed by atoms with Crippen molar-refractivity contribution in [3.63, 3.8) is 0 Å². The fourth-order valence-corrected chi connectivity index (χ4v) is 2.30. The SMILES string of the molecule is CCCCCCCCC(=O)C1(C(=O)OCC)CC1. The summed E-state index contributed by atoms with van der Waals surface area (Å²) in [4.78, 5) is 23.7. The van der Waals surface area contributed by atoms with Crippen molar-refractivity contribution in [3.8, 4) is 0 Å². The zero-order valence-corrected chi connectivity index (χ0v) is 11.8. The summed E-state index contributed by atoms with van der Waals surface area (Å²) in [5.74, 6) is -0.183. The molecule has 0 aromatic rings. The summed E-state index contributed by atoms with van der Waals surface area (Å²) < 4.78 is 4.99. The second-order valence-electron chi connectivity index (χ2n) is 5.24. The summed E-state index contributed by atoms with van der Waals surface area (Å²) in [6, 6.07) is 0. The Bertz CT molecular complexity index is 279. The molecule has 18 heavy (non-hydrogen) atoms. The first kappa shape index (κ1) is 15.2. The average molecular weight is 254 g/mol. The van der Waals surface area contributed by atoms with E-state index >= 15 is 0 Å². The standard InChI is InChI=1S/C15H26O3/c1-3-5-6-7-8-9-10-13(16)15(11-12-15)14(17)18-4-2/h3-12H2,1-2H3. The number of esters is 1. The van der Waals surface area contributed by atoms with Crippen molar-refractivity contribution < 1.29 is 14.3 Å². The smallest absolute Gasteiger partial charge is 0.319 e. The summed E-state index contributed by atoms with van der Waals surface area (Å²) >= 11 is 0. The Balaban J connectivity index is 2.18. The molecule has 1 fully saturated rings. The van der Waals surface area contributed by atoms with Gasteiger partial charge < -0.3 is 4.74 Å². The molecule has 0 aromatic heterocycles. The molecule has 0 aromatic carbocycles. The number of carbonyl (C=O) groups is 2. The van der Waals surface area contributed by atoms with Gasteiger partial charge >= 0.3 is 5.97 Å². The summed E-state index contributed by atoms with van der Waals surface area (Å²) in [5.41, 5.74) is -0.737. The molecule has 104 valence electrons. The van der Waals surface area contributed by atoms with Crippen molar-refractivity contribution >= 4 is 11.8 Å². The van der Waals surface area contributed by atoms with Crippen molar-refractivity contribution in [1.82, 2.24) is 0 Å². The zero-order valence-electron chi connectivity index (χ0n) is 11.8. The topological polar surface area (TPSA) is 43.4 Å². The average Bonchev–Trinajstić information content (AvgIpc) is 3.15. The van der Waals surface area contributed by atoms with Crippen LogP contribution in [0.4, 0.5) is 0 Å². The molecular weight excluding hydrogens is 228 g/mol. The summed E-state index contributed by atoms with van der Waals surface area (Å²) in [6.45, 7) is 4.34. The van der Waals surface area contributed by atoms with Crippen LogP contribution in [0.25, 0.3) is 0 Å². The molecule has 0 radical (unpaired) electrons. The summed E-state index contributed by atoms with van der Waals surface area (Å²) in [5, 5.41) is 0. The van der Waals surface area contributed by atoms with Gasteiger partial charge in [-0.3, -0.25) is 9.59 Å². The van der Waals surface area contributed by atoms with Crippen LogP contribution in [0.5, 0.6) is 0 Å². The Labute approximate surface area is 110 Å². The quantitative estimate of drug-likeness (QED) is 0.339. The maximum absolute atomic E-state index is 12.0. The predicted octanol–water partition coefficient (Wildman–Crippen LogP) is 3.65. The number of hydrogen-bond acceptors (Lipinski definition) is 3. The number of carbonyl (C=O) groups excluding carboxylic acids is 2. The molecule has 3 nitrogen and oxygen atoms in total. The molecule has 1 aliphatic rings. The maximum atomic E-state index is 12.0. The molecular formula is C15H26O3. The maximum Gasteiger partial charge on any atom is 0.319 e. The Morgan fingerprint density at radius 1 is 1.00 bits per heavy atom. The molecule has 0 heterocycles. The van der Waals surface area contributed by atoms with E-state index in [1.54, 1.807) is 6.92 Å². The number of Topliss-reactive ketones (excluding diaryl/α,β-unsaturated/α-hetero) is 1. The first-order valence-electron chi connectivity index (χ1n) is 7.38. The first-order chi connectivity index (χ1) is 8.67. The van der Waals surface area contributed by atoms with Crippen LogP contribution in [0.2, 0.25) is 0 Å². The van der Waals surface area contributed by atoms with Crippen LogP contribution >= 0.6 is 0 Å². The third kappa shape index (κ3) is 4.11. The van der Waals surface area contributed by atoms with Gasteiger partial charge in [-0.25, -0.2) is 0 Å². The van der Waals surface area contributed by atoms with Gasteiger partial charge in [-0.15, -0.1) is 0 Å².